The van der Waals surface area contributed by atoms with Gasteiger partial charge >= 0.3 is 5.91 Å². The van der Waals surface area contributed by atoms with Gasteiger partial charge in [0.15, 0.2) is 17.0 Å². The van der Waals surface area contributed by atoms with Crippen molar-refractivity contribution in [1.29, 1.82) is 0 Å². The van der Waals surface area contributed by atoms with E-state index in [9.17, 15) is 9.59 Å². The molecule has 6 nitrogen and oxygen atoms in total. The Bertz CT molecular complexity index is 976. The third kappa shape index (κ3) is 2.99. The SMILES string of the molecule is C#CC(=O)N(c1ccc2c(c1)OCO2)C(C(N)=O)(c1ccccc1)C1CCCC1. The minimum absolute atomic E-state index is 0.101. The van der Waals surface area contributed by atoms with Gasteiger partial charge in [-0.05, 0) is 42.4 Å². The van der Waals surface area contributed by atoms with E-state index in [0.29, 0.717) is 22.7 Å². The van der Waals surface area contributed by atoms with Crippen LogP contribution in [0.3, 0.4) is 0 Å². The van der Waals surface area contributed by atoms with Crippen LogP contribution in [-0.4, -0.2) is 18.6 Å². The molecule has 0 radical (unpaired) electrons. The van der Waals surface area contributed by atoms with Crippen molar-refractivity contribution in [2.24, 2.45) is 11.7 Å². The van der Waals surface area contributed by atoms with Gasteiger partial charge in [-0.1, -0.05) is 43.2 Å². The van der Waals surface area contributed by atoms with Crippen LogP contribution < -0.4 is 20.1 Å². The molecule has 2 aromatic rings. The maximum atomic E-state index is 13.2. The Balaban J connectivity index is 1.97. The number of nitrogens with two attached hydrogens (primary N) is 1. The fourth-order valence-electron chi connectivity index (χ4n) is 4.61. The fraction of sp³-hybridized carbons (Fsp3) is 0.304. The van der Waals surface area contributed by atoms with Crippen LogP contribution >= 0.6 is 0 Å². The number of hydrogen-bond acceptors (Lipinski definition) is 4. The molecule has 1 aliphatic carbocycles. The molecule has 2 N–H and O–H groups in total. The number of rotatable bonds is 5. The lowest BCUT2D eigenvalue weighted by atomic mass is 9.74. The average molecular weight is 390 g/mol. The number of fused-ring (bicyclic) bond motifs is 1. The lowest BCUT2D eigenvalue weighted by Crippen LogP contribution is -2.61. The molecule has 1 heterocycles. The molecule has 29 heavy (non-hydrogen) atoms. The highest BCUT2D eigenvalue weighted by Crippen LogP contribution is 2.48. The van der Waals surface area contributed by atoms with E-state index in [0.717, 1.165) is 25.7 Å². The van der Waals surface area contributed by atoms with Gasteiger partial charge < -0.3 is 15.2 Å². The van der Waals surface area contributed by atoms with Crippen LogP contribution in [0, 0.1) is 18.3 Å². The summed E-state index contributed by atoms with van der Waals surface area (Å²) in [5.41, 5.74) is 5.78. The number of hydrogen-bond donors (Lipinski definition) is 1. The highest BCUT2D eigenvalue weighted by Gasteiger charge is 2.53. The van der Waals surface area contributed by atoms with Crippen molar-refractivity contribution in [3.05, 3.63) is 54.1 Å². The second-order valence-electron chi connectivity index (χ2n) is 7.30. The van der Waals surface area contributed by atoms with Gasteiger partial charge in [0, 0.05) is 6.07 Å². The molecule has 1 saturated carbocycles. The van der Waals surface area contributed by atoms with Crippen LogP contribution in [0.15, 0.2) is 48.5 Å². The molecule has 2 aliphatic rings. The van der Waals surface area contributed by atoms with E-state index in [1.165, 1.54) is 4.90 Å². The molecule has 0 aromatic heterocycles. The van der Waals surface area contributed by atoms with Crippen LogP contribution in [0.5, 0.6) is 11.5 Å². The monoisotopic (exact) mass is 390 g/mol. The summed E-state index contributed by atoms with van der Waals surface area (Å²) in [5, 5.41) is 0. The van der Waals surface area contributed by atoms with Crippen molar-refractivity contribution in [3.63, 3.8) is 0 Å². The van der Waals surface area contributed by atoms with E-state index in [-0.39, 0.29) is 12.7 Å². The normalized spacial score (nSPS) is 17.3. The van der Waals surface area contributed by atoms with E-state index in [1.807, 2.05) is 30.3 Å². The van der Waals surface area contributed by atoms with Gasteiger partial charge in [-0.15, -0.1) is 6.42 Å². The summed E-state index contributed by atoms with van der Waals surface area (Å²) in [5.74, 6) is 1.89. The molecule has 0 saturated heterocycles. The number of amides is 2. The van der Waals surface area contributed by atoms with Crippen LogP contribution in [0.1, 0.15) is 31.2 Å². The van der Waals surface area contributed by atoms with E-state index in [2.05, 4.69) is 5.92 Å². The summed E-state index contributed by atoms with van der Waals surface area (Å²) in [7, 11) is 0. The molecule has 4 rings (SSSR count). The first-order chi connectivity index (χ1) is 14.1. The van der Waals surface area contributed by atoms with Crippen molar-refractivity contribution >= 4 is 17.5 Å². The molecule has 0 spiro atoms. The molecule has 2 aromatic carbocycles. The number of terminal acetylenes is 1. The molecule has 1 atom stereocenters. The van der Waals surface area contributed by atoms with Crippen molar-refractivity contribution in [2.45, 2.75) is 31.2 Å². The number of anilines is 1. The maximum Gasteiger partial charge on any atom is 0.303 e. The number of nitrogens with zero attached hydrogens (tertiary/aromatic N) is 1. The molecule has 1 unspecified atom stereocenters. The fourth-order valence-corrected chi connectivity index (χ4v) is 4.61. The van der Waals surface area contributed by atoms with Crippen LogP contribution in [-0.2, 0) is 15.1 Å². The lowest BCUT2D eigenvalue weighted by molar-refractivity contribution is -0.129. The Morgan fingerprint density at radius 2 is 1.76 bits per heavy atom. The van der Waals surface area contributed by atoms with Crippen molar-refractivity contribution in [3.8, 4) is 23.8 Å². The number of carbonyl (C=O) groups is 2. The predicted octanol–water partition coefficient (Wildman–Crippen LogP) is 2.95. The minimum atomic E-state index is -1.39. The van der Waals surface area contributed by atoms with Crippen molar-refractivity contribution < 1.29 is 19.1 Å². The van der Waals surface area contributed by atoms with Gasteiger partial charge in [-0.3, -0.25) is 14.5 Å². The minimum Gasteiger partial charge on any atom is -0.454 e. The number of primary amides is 1. The van der Waals surface area contributed by atoms with Gasteiger partial charge in [0.25, 0.3) is 0 Å². The first kappa shape index (κ1) is 18.9. The summed E-state index contributed by atoms with van der Waals surface area (Å²) in [6.07, 6.45) is 9.02. The van der Waals surface area contributed by atoms with E-state index in [4.69, 9.17) is 21.6 Å². The standard InChI is InChI=1S/C23H22N2O4/c1-2-21(26)25(18-12-13-19-20(14-18)29-15-28-19)23(22(24)27,17-10-6-7-11-17)16-8-4-3-5-9-16/h1,3-5,8-9,12-14,17H,6-7,10-11,15H2,(H2,24,27). The van der Waals surface area contributed by atoms with Gasteiger partial charge in [0.05, 0.1) is 5.69 Å². The Kier molecular flexibility index (Phi) is 4.89. The van der Waals surface area contributed by atoms with Crippen molar-refractivity contribution in [2.75, 3.05) is 11.7 Å². The molecular formula is C23H22N2O4. The third-order valence-electron chi connectivity index (χ3n) is 5.83. The quantitative estimate of drug-likeness (QED) is 0.796. The number of ether oxygens (including phenoxy) is 2. The van der Waals surface area contributed by atoms with E-state index >= 15 is 0 Å². The zero-order valence-electron chi connectivity index (χ0n) is 16.0. The first-order valence-corrected chi connectivity index (χ1v) is 9.65. The van der Waals surface area contributed by atoms with Crippen LogP contribution in [0.25, 0.3) is 0 Å². The average Bonchev–Trinajstić information content (AvgIpc) is 3.43. The van der Waals surface area contributed by atoms with Gasteiger partial charge in [-0.2, -0.15) is 0 Å². The summed E-state index contributed by atoms with van der Waals surface area (Å²) >= 11 is 0. The van der Waals surface area contributed by atoms with Crippen molar-refractivity contribution in [1.82, 2.24) is 0 Å². The molecule has 0 bridgehead atoms. The zero-order chi connectivity index (χ0) is 20.4. The van der Waals surface area contributed by atoms with Gasteiger partial charge in [0.1, 0.15) is 0 Å². The Hall–Kier alpha value is -3.46. The maximum absolute atomic E-state index is 13.2. The molecule has 148 valence electrons. The number of carbonyl (C=O) groups excluding carboxylic acids is 2. The largest absolute Gasteiger partial charge is 0.454 e. The second kappa shape index (κ2) is 7.51. The Labute approximate surface area is 169 Å². The second-order valence-corrected chi connectivity index (χ2v) is 7.30. The summed E-state index contributed by atoms with van der Waals surface area (Å²) in [4.78, 5) is 27.7. The summed E-state index contributed by atoms with van der Waals surface area (Å²) < 4.78 is 10.9. The highest BCUT2D eigenvalue weighted by atomic mass is 16.7. The first-order valence-electron chi connectivity index (χ1n) is 9.65. The predicted molar refractivity (Wildman–Crippen MR) is 108 cm³/mol. The smallest absolute Gasteiger partial charge is 0.303 e. The Morgan fingerprint density at radius 3 is 2.41 bits per heavy atom. The molecule has 6 heteroatoms. The molecule has 2 amide bonds. The molecular weight excluding hydrogens is 368 g/mol. The zero-order valence-corrected chi connectivity index (χ0v) is 16.0. The third-order valence-corrected chi connectivity index (χ3v) is 5.83. The lowest BCUT2D eigenvalue weighted by Gasteiger charge is -2.45. The van der Waals surface area contributed by atoms with Gasteiger partial charge in [-0.25, -0.2) is 0 Å². The molecule has 1 fully saturated rings. The summed E-state index contributed by atoms with van der Waals surface area (Å²) in [6, 6.07) is 14.3. The highest BCUT2D eigenvalue weighted by molar-refractivity contribution is 6.11. The molecule has 1 aliphatic heterocycles. The van der Waals surface area contributed by atoms with Crippen LogP contribution in [0.2, 0.25) is 0 Å². The Morgan fingerprint density at radius 1 is 1.07 bits per heavy atom. The van der Waals surface area contributed by atoms with Gasteiger partial charge in [0.2, 0.25) is 12.7 Å². The van der Waals surface area contributed by atoms with E-state index in [1.54, 1.807) is 18.2 Å². The summed E-state index contributed by atoms with van der Waals surface area (Å²) in [6.45, 7) is 0.101. The number of benzene rings is 2. The topological polar surface area (TPSA) is 81.9 Å². The van der Waals surface area contributed by atoms with E-state index < -0.39 is 17.4 Å². The van der Waals surface area contributed by atoms with Crippen LogP contribution in [0.4, 0.5) is 5.69 Å².